The largest absolute Gasteiger partial charge is 0.507 e. The molecule has 1 heterocycles. The number of carbonyl (C=O) groups excluding carboxylic acids is 3. The van der Waals surface area contributed by atoms with Gasteiger partial charge in [-0.05, 0) is 47.7 Å². The van der Waals surface area contributed by atoms with Gasteiger partial charge in [0.2, 0.25) is 0 Å². The Hall–Kier alpha value is -3.26. The van der Waals surface area contributed by atoms with E-state index in [2.05, 4.69) is 5.43 Å². The van der Waals surface area contributed by atoms with Crippen LogP contribution in [0.25, 0.3) is 6.08 Å². The predicted molar refractivity (Wildman–Crippen MR) is 96.4 cm³/mol. The summed E-state index contributed by atoms with van der Waals surface area (Å²) in [6, 6.07) is 12.8. The zero-order chi connectivity index (χ0) is 18.7. The first-order valence-electron chi connectivity index (χ1n) is 7.50. The molecule has 0 radical (unpaired) electrons. The lowest BCUT2D eigenvalue weighted by atomic mass is 10.2. The molecule has 7 nitrogen and oxygen atoms in total. The second kappa shape index (κ2) is 7.32. The first-order chi connectivity index (χ1) is 12.5. The van der Waals surface area contributed by atoms with Gasteiger partial charge in [0, 0.05) is 0 Å². The standard InChI is InChI=1S/C18H14N2O5S/c1-25-12-8-6-11(7-9-12)10-15-17(23)20(18(24)26-15)19-16(22)13-4-2-3-5-14(13)21/h2-10,21H,1H3,(H,19,22). The summed E-state index contributed by atoms with van der Waals surface area (Å²) in [7, 11) is 1.55. The van der Waals surface area contributed by atoms with Crippen LogP contribution in [0.2, 0.25) is 0 Å². The van der Waals surface area contributed by atoms with E-state index in [1.165, 1.54) is 12.1 Å². The van der Waals surface area contributed by atoms with E-state index in [9.17, 15) is 19.5 Å². The Labute approximate surface area is 153 Å². The fourth-order valence-electron chi connectivity index (χ4n) is 2.24. The number of amides is 3. The monoisotopic (exact) mass is 370 g/mol. The van der Waals surface area contributed by atoms with Gasteiger partial charge >= 0.3 is 5.24 Å². The Balaban J connectivity index is 1.77. The summed E-state index contributed by atoms with van der Waals surface area (Å²) in [5, 5.41) is 9.71. The van der Waals surface area contributed by atoms with Gasteiger partial charge < -0.3 is 9.84 Å². The lowest BCUT2D eigenvalue weighted by molar-refractivity contribution is -0.124. The van der Waals surface area contributed by atoms with Gasteiger partial charge in [-0.25, -0.2) is 0 Å². The van der Waals surface area contributed by atoms with Gasteiger partial charge in [0.15, 0.2) is 0 Å². The molecule has 26 heavy (non-hydrogen) atoms. The molecule has 2 N–H and O–H groups in total. The Morgan fingerprint density at radius 2 is 1.85 bits per heavy atom. The first-order valence-corrected chi connectivity index (χ1v) is 8.32. The van der Waals surface area contributed by atoms with E-state index in [1.807, 2.05) is 0 Å². The summed E-state index contributed by atoms with van der Waals surface area (Å²) >= 11 is 0.718. The third-order valence-electron chi connectivity index (χ3n) is 3.57. The van der Waals surface area contributed by atoms with Crippen molar-refractivity contribution in [2.75, 3.05) is 7.11 Å². The van der Waals surface area contributed by atoms with Crippen molar-refractivity contribution < 1.29 is 24.2 Å². The average Bonchev–Trinajstić information content (AvgIpc) is 2.90. The van der Waals surface area contributed by atoms with Gasteiger partial charge in [0.1, 0.15) is 11.5 Å². The molecule has 3 rings (SSSR count). The van der Waals surface area contributed by atoms with Crippen LogP contribution < -0.4 is 10.2 Å². The van der Waals surface area contributed by atoms with Crippen LogP contribution in [0.3, 0.4) is 0 Å². The second-order valence-corrected chi connectivity index (χ2v) is 6.24. The fourth-order valence-corrected chi connectivity index (χ4v) is 3.02. The second-order valence-electron chi connectivity index (χ2n) is 5.25. The molecule has 2 aromatic carbocycles. The molecule has 132 valence electrons. The molecular formula is C18H14N2O5S. The normalized spacial score (nSPS) is 15.4. The van der Waals surface area contributed by atoms with Gasteiger partial charge in [0.25, 0.3) is 11.8 Å². The first kappa shape index (κ1) is 17.6. The third kappa shape index (κ3) is 3.55. The Kier molecular flexibility index (Phi) is 4.94. The maximum Gasteiger partial charge on any atom is 0.312 e. The minimum atomic E-state index is -0.754. The number of hydrogen-bond donors (Lipinski definition) is 2. The molecule has 0 aromatic heterocycles. The zero-order valence-corrected chi connectivity index (χ0v) is 14.4. The summed E-state index contributed by atoms with van der Waals surface area (Å²) in [4.78, 5) is 36.8. The number of nitrogens with one attached hydrogen (secondary N) is 1. The molecule has 0 atom stereocenters. The maximum atomic E-state index is 12.4. The van der Waals surface area contributed by atoms with Crippen molar-refractivity contribution in [2.24, 2.45) is 0 Å². The molecule has 1 aliphatic rings. The van der Waals surface area contributed by atoms with E-state index in [-0.39, 0.29) is 16.2 Å². The number of aromatic hydroxyl groups is 1. The number of ether oxygens (including phenoxy) is 1. The minimum absolute atomic E-state index is 0.0364. The molecular weight excluding hydrogens is 356 g/mol. The molecule has 0 spiro atoms. The molecule has 0 unspecified atom stereocenters. The zero-order valence-electron chi connectivity index (χ0n) is 13.6. The lowest BCUT2D eigenvalue weighted by Gasteiger charge is -2.14. The molecule has 3 amide bonds. The smallest absolute Gasteiger partial charge is 0.312 e. The van der Waals surface area contributed by atoms with E-state index in [0.29, 0.717) is 16.3 Å². The lowest BCUT2D eigenvalue weighted by Crippen LogP contribution is -2.44. The number of para-hydroxylation sites is 1. The van der Waals surface area contributed by atoms with E-state index in [4.69, 9.17) is 4.74 Å². The third-order valence-corrected chi connectivity index (χ3v) is 4.44. The van der Waals surface area contributed by atoms with Crippen LogP contribution >= 0.6 is 11.8 Å². The van der Waals surface area contributed by atoms with Crippen molar-refractivity contribution in [1.82, 2.24) is 10.4 Å². The number of imide groups is 1. The van der Waals surface area contributed by atoms with Crippen LogP contribution in [0.5, 0.6) is 11.5 Å². The summed E-state index contributed by atoms with van der Waals surface area (Å²) < 4.78 is 5.07. The van der Waals surface area contributed by atoms with Gasteiger partial charge in [0.05, 0.1) is 17.6 Å². The van der Waals surface area contributed by atoms with E-state index < -0.39 is 17.1 Å². The Morgan fingerprint density at radius 3 is 2.50 bits per heavy atom. The SMILES string of the molecule is COc1ccc(C=C2SC(=O)N(NC(=O)c3ccccc3O)C2=O)cc1. The molecule has 0 aliphatic carbocycles. The molecule has 0 saturated carbocycles. The highest BCUT2D eigenvalue weighted by Gasteiger charge is 2.37. The number of phenolic OH excluding ortho intramolecular Hbond substituents is 1. The molecule has 0 bridgehead atoms. The minimum Gasteiger partial charge on any atom is -0.507 e. The molecule has 8 heteroatoms. The predicted octanol–water partition coefficient (Wildman–Crippen LogP) is 2.78. The highest BCUT2D eigenvalue weighted by Crippen LogP contribution is 2.31. The molecule has 1 fully saturated rings. The summed E-state index contributed by atoms with van der Waals surface area (Å²) in [5.41, 5.74) is 2.90. The van der Waals surface area contributed by atoms with E-state index in [1.54, 1.807) is 49.6 Å². The highest BCUT2D eigenvalue weighted by atomic mass is 32.2. The van der Waals surface area contributed by atoms with Crippen LogP contribution in [0.1, 0.15) is 15.9 Å². The number of methoxy groups -OCH3 is 1. The van der Waals surface area contributed by atoms with Crippen molar-refractivity contribution in [1.29, 1.82) is 0 Å². The van der Waals surface area contributed by atoms with Crippen LogP contribution in [-0.4, -0.2) is 34.3 Å². The quantitative estimate of drug-likeness (QED) is 0.804. The number of hydrazine groups is 1. The number of carbonyl (C=O) groups is 3. The number of nitrogens with zero attached hydrogens (tertiary/aromatic N) is 1. The molecule has 1 saturated heterocycles. The molecule has 2 aromatic rings. The summed E-state index contributed by atoms with van der Waals surface area (Å²) in [6.07, 6.45) is 1.55. The number of benzene rings is 2. The summed E-state index contributed by atoms with van der Waals surface area (Å²) in [6.45, 7) is 0. The Morgan fingerprint density at radius 1 is 1.15 bits per heavy atom. The number of hydrogen-bond acceptors (Lipinski definition) is 6. The number of thioether (sulfide) groups is 1. The molecule has 1 aliphatic heterocycles. The topological polar surface area (TPSA) is 95.9 Å². The number of phenols is 1. The van der Waals surface area contributed by atoms with E-state index in [0.717, 1.165) is 11.8 Å². The summed E-state index contributed by atoms with van der Waals surface area (Å²) in [5.74, 6) is -0.966. The fraction of sp³-hybridized carbons (Fsp3) is 0.0556. The van der Waals surface area contributed by atoms with Crippen molar-refractivity contribution in [2.45, 2.75) is 0 Å². The van der Waals surface area contributed by atoms with Crippen LogP contribution in [0, 0.1) is 0 Å². The van der Waals surface area contributed by atoms with Gasteiger partial charge in [-0.2, -0.15) is 5.01 Å². The van der Waals surface area contributed by atoms with Gasteiger partial charge in [-0.15, -0.1) is 0 Å². The van der Waals surface area contributed by atoms with Crippen LogP contribution in [0.4, 0.5) is 4.79 Å². The van der Waals surface area contributed by atoms with Crippen LogP contribution in [0.15, 0.2) is 53.4 Å². The van der Waals surface area contributed by atoms with Crippen molar-refractivity contribution in [3.05, 3.63) is 64.6 Å². The van der Waals surface area contributed by atoms with Crippen molar-refractivity contribution >= 4 is 34.9 Å². The maximum absolute atomic E-state index is 12.4. The Bertz CT molecular complexity index is 908. The van der Waals surface area contributed by atoms with Crippen molar-refractivity contribution in [3.8, 4) is 11.5 Å². The van der Waals surface area contributed by atoms with Crippen LogP contribution in [-0.2, 0) is 4.79 Å². The van der Waals surface area contributed by atoms with Gasteiger partial charge in [-0.3, -0.25) is 19.8 Å². The highest BCUT2D eigenvalue weighted by molar-refractivity contribution is 8.18. The average molecular weight is 370 g/mol. The van der Waals surface area contributed by atoms with Gasteiger partial charge in [-0.1, -0.05) is 24.3 Å². The van der Waals surface area contributed by atoms with Crippen molar-refractivity contribution in [3.63, 3.8) is 0 Å². The number of rotatable bonds is 4. The van der Waals surface area contributed by atoms with E-state index >= 15 is 0 Å².